The van der Waals surface area contributed by atoms with Gasteiger partial charge in [0.05, 0.1) is 12.2 Å². The molecule has 196 valence electrons. The Balaban J connectivity index is 1.28. The van der Waals surface area contributed by atoms with Crippen LogP contribution in [-0.2, 0) is 19.0 Å². The van der Waals surface area contributed by atoms with Gasteiger partial charge in [0.1, 0.15) is 12.2 Å². The van der Waals surface area contributed by atoms with Gasteiger partial charge in [-0.15, -0.1) is 6.58 Å². The van der Waals surface area contributed by atoms with E-state index in [4.69, 9.17) is 14.2 Å². The molecule has 0 spiro atoms. The van der Waals surface area contributed by atoms with Crippen molar-refractivity contribution in [3.05, 3.63) is 24.3 Å². The lowest BCUT2D eigenvalue weighted by molar-refractivity contribution is -0.307. The van der Waals surface area contributed by atoms with Crippen LogP contribution in [0.15, 0.2) is 24.3 Å². The van der Waals surface area contributed by atoms with Gasteiger partial charge < -0.3 is 24.4 Å². The summed E-state index contributed by atoms with van der Waals surface area (Å²) in [5, 5.41) is 21.1. The van der Waals surface area contributed by atoms with Crippen molar-refractivity contribution in [2.24, 2.45) is 34.5 Å². The van der Waals surface area contributed by atoms with Crippen molar-refractivity contribution in [1.82, 2.24) is 0 Å². The number of hydrogen-bond acceptors (Lipinski definition) is 6. The Hall–Kier alpha value is -1.21. The standard InChI is InChI=1S/C29H44O6/c1-6-18-8-10-22-21-9-7-19-15-20(11-13-29(19,5)23(21)12-14-28(18,22)4)35-27-25(32)26(34-17(3)30)24(31)16(2)33-27/h6-7,16,18,20-27,31-32H,1,8-15H2,2-5H3/t16?,18-,20-,21-,22-,23-,24+,25?,26?,27-,28+,29-/m0/s1. The summed E-state index contributed by atoms with van der Waals surface area (Å²) in [7, 11) is 0. The SMILES string of the molecule is C=C[C@H]1CC[C@H]2[C@@H]3CC=C4C[C@@H](O[C@@H]5OC(C)[C@@H](O)C(OC(C)=O)C5O)CC[C@]4(C)[C@H]3CC[C@]12C. The lowest BCUT2D eigenvalue weighted by Crippen LogP contribution is -2.59. The van der Waals surface area contributed by atoms with Crippen molar-refractivity contribution in [2.45, 2.75) is 116 Å². The predicted molar refractivity (Wildman–Crippen MR) is 132 cm³/mol. The molecule has 4 fully saturated rings. The average molecular weight is 489 g/mol. The first-order chi connectivity index (χ1) is 16.6. The summed E-state index contributed by atoms with van der Waals surface area (Å²) in [6, 6.07) is 0. The van der Waals surface area contributed by atoms with E-state index in [-0.39, 0.29) is 11.5 Å². The van der Waals surface area contributed by atoms with Crippen molar-refractivity contribution in [1.29, 1.82) is 0 Å². The predicted octanol–water partition coefficient (Wildman–Crippen LogP) is 4.53. The van der Waals surface area contributed by atoms with Gasteiger partial charge >= 0.3 is 5.97 Å². The summed E-state index contributed by atoms with van der Waals surface area (Å²) in [6.45, 7) is 12.1. The Morgan fingerprint density at radius 1 is 1.14 bits per heavy atom. The molecule has 1 aliphatic heterocycles. The lowest BCUT2D eigenvalue weighted by Gasteiger charge is -2.58. The highest BCUT2D eigenvalue weighted by Crippen LogP contribution is 2.66. The van der Waals surface area contributed by atoms with Crippen molar-refractivity contribution in [3.8, 4) is 0 Å². The summed E-state index contributed by atoms with van der Waals surface area (Å²) in [5.41, 5.74) is 2.14. The maximum Gasteiger partial charge on any atom is 0.303 e. The van der Waals surface area contributed by atoms with E-state index in [1.165, 1.54) is 38.2 Å². The molecular formula is C29H44O6. The van der Waals surface area contributed by atoms with E-state index >= 15 is 0 Å². The van der Waals surface area contributed by atoms with Gasteiger partial charge in [-0.3, -0.25) is 4.79 Å². The Morgan fingerprint density at radius 3 is 2.63 bits per heavy atom. The van der Waals surface area contributed by atoms with Gasteiger partial charge in [0.2, 0.25) is 0 Å². The van der Waals surface area contributed by atoms with E-state index in [0.717, 1.165) is 43.4 Å². The highest BCUT2D eigenvalue weighted by molar-refractivity contribution is 5.66. The number of carbonyl (C=O) groups is 1. The summed E-state index contributed by atoms with van der Waals surface area (Å²) in [5.74, 6) is 2.41. The van der Waals surface area contributed by atoms with Crippen molar-refractivity contribution in [2.75, 3.05) is 0 Å². The van der Waals surface area contributed by atoms with Crippen LogP contribution >= 0.6 is 0 Å². The third kappa shape index (κ3) is 4.13. The lowest BCUT2D eigenvalue weighted by atomic mass is 9.47. The van der Waals surface area contributed by atoms with Crippen LogP contribution < -0.4 is 0 Å². The van der Waals surface area contributed by atoms with Gasteiger partial charge in [-0.1, -0.05) is 31.6 Å². The van der Waals surface area contributed by atoms with Crippen LogP contribution in [-0.4, -0.2) is 53.0 Å². The minimum Gasteiger partial charge on any atom is -0.457 e. The monoisotopic (exact) mass is 488 g/mol. The number of esters is 1. The minimum atomic E-state index is -1.22. The highest BCUT2D eigenvalue weighted by atomic mass is 16.7. The number of allylic oxidation sites excluding steroid dienone is 2. The molecule has 3 saturated carbocycles. The molecule has 0 amide bonds. The molecule has 35 heavy (non-hydrogen) atoms. The molecule has 12 atom stereocenters. The Bertz CT molecular complexity index is 869. The summed E-state index contributed by atoms with van der Waals surface area (Å²) < 4.78 is 17.3. The second kappa shape index (κ2) is 9.27. The van der Waals surface area contributed by atoms with Crippen molar-refractivity contribution >= 4 is 5.97 Å². The van der Waals surface area contributed by atoms with E-state index in [1.807, 2.05) is 0 Å². The minimum absolute atomic E-state index is 0.0589. The topological polar surface area (TPSA) is 85.2 Å². The molecule has 5 rings (SSSR count). The van der Waals surface area contributed by atoms with Crippen molar-refractivity contribution in [3.63, 3.8) is 0 Å². The highest BCUT2D eigenvalue weighted by Gasteiger charge is 2.58. The van der Waals surface area contributed by atoms with Crippen molar-refractivity contribution < 1.29 is 29.2 Å². The Labute approximate surface area is 210 Å². The number of aliphatic hydroxyl groups excluding tert-OH is 2. The number of rotatable bonds is 4. The molecule has 0 aromatic heterocycles. The van der Waals surface area contributed by atoms with Gasteiger partial charge in [-0.05, 0) is 92.8 Å². The molecule has 0 aromatic rings. The first-order valence-corrected chi connectivity index (χ1v) is 13.7. The van der Waals surface area contributed by atoms with E-state index in [1.54, 1.807) is 6.92 Å². The fourth-order valence-electron chi connectivity index (χ4n) is 8.80. The van der Waals surface area contributed by atoms with Gasteiger partial charge in [0.25, 0.3) is 0 Å². The molecule has 2 N–H and O–H groups in total. The summed E-state index contributed by atoms with van der Waals surface area (Å²) in [6.07, 6.45) is 9.02. The molecule has 0 aromatic carbocycles. The van der Waals surface area contributed by atoms with Gasteiger partial charge in [0.15, 0.2) is 12.4 Å². The average Bonchev–Trinajstić information content (AvgIpc) is 3.16. The van der Waals surface area contributed by atoms with Crippen LogP contribution in [0.3, 0.4) is 0 Å². The van der Waals surface area contributed by atoms with Crippen LogP contribution in [0.4, 0.5) is 0 Å². The molecular weight excluding hydrogens is 444 g/mol. The third-order valence-electron chi connectivity index (χ3n) is 10.8. The smallest absolute Gasteiger partial charge is 0.303 e. The molecule has 6 nitrogen and oxygen atoms in total. The largest absolute Gasteiger partial charge is 0.457 e. The zero-order valence-electron chi connectivity index (χ0n) is 21.8. The van der Waals surface area contributed by atoms with Crippen LogP contribution in [0.5, 0.6) is 0 Å². The maximum absolute atomic E-state index is 11.5. The molecule has 0 bridgehead atoms. The normalized spacial score (nSPS) is 51.4. The zero-order chi connectivity index (χ0) is 25.1. The number of carbonyl (C=O) groups excluding carboxylic acids is 1. The van der Waals surface area contributed by atoms with E-state index in [2.05, 4.69) is 32.6 Å². The van der Waals surface area contributed by atoms with E-state index in [0.29, 0.717) is 11.3 Å². The second-order valence-electron chi connectivity index (χ2n) is 12.5. The quantitative estimate of drug-likeness (QED) is 0.447. The zero-order valence-corrected chi connectivity index (χ0v) is 21.8. The summed E-state index contributed by atoms with van der Waals surface area (Å²) in [4.78, 5) is 11.5. The van der Waals surface area contributed by atoms with Gasteiger partial charge in [-0.2, -0.15) is 0 Å². The Morgan fingerprint density at radius 2 is 1.91 bits per heavy atom. The first-order valence-electron chi connectivity index (χ1n) is 13.7. The number of ether oxygens (including phenoxy) is 3. The number of aliphatic hydroxyl groups is 2. The third-order valence-corrected chi connectivity index (χ3v) is 10.8. The van der Waals surface area contributed by atoms with E-state index in [9.17, 15) is 15.0 Å². The fraction of sp³-hybridized carbons (Fsp3) is 0.828. The summed E-state index contributed by atoms with van der Waals surface area (Å²) >= 11 is 0. The van der Waals surface area contributed by atoms with Gasteiger partial charge in [0, 0.05) is 6.92 Å². The number of fused-ring (bicyclic) bond motifs is 5. The molecule has 4 aliphatic carbocycles. The molecule has 1 saturated heterocycles. The number of hydrogen-bond donors (Lipinski definition) is 2. The van der Waals surface area contributed by atoms with Gasteiger partial charge in [-0.25, -0.2) is 0 Å². The molecule has 5 aliphatic rings. The van der Waals surface area contributed by atoms with Crippen LogP contribution in [0.1, 0.15) is 79.1 Å². The molecule has 1 heterocycles. The fourth-order valence-corrected chi connectivity index (χ4v) is 8.80. The van der Waals surface area contributed by atoms with E-state index < -0.39 is 36.7 Å². The Kier molecular flexibility index (Phi) is 6.74. The molecule has 6 heteroatoms. The second-order valence-corrected chi connectivity index (χ2v) is 12.5. The maximum atomic E-state index is 11.5. The van der Waals surface area contributed by atoms with Crippen LogP contribution in [0.2, 0.25) is 0 Å². The molecule has 0 radical (unpaired) electrons. The molecule has 3 unspecified atom stereocenters. The van der Waals surface area contributed by atoms with Crippen LogP contribution in [0, 0.1) is 34.5 Å². The van der Waals surface area contributed by atoms with Crippen LogP contribution in [0.25, 0.3) is 0 Å². The first kappa shape index (κ1) is 25.4.